The molecule has 0 saturated carbocycles. The first-order chi connectivity index (χ1) is 13.1. The molecule has 2 amide bonds. The van der Waals surface area contributed by atoms with Gasteiger partial charge < -0.3 is 10.6 Å². The zero-order valence-corrected chi connectivity index (χ0v) is 15.9. The highest BCUT2D eigenvalue weighted by Gasteiger charge is 2.33. The maximum absolute atomic E-state index is 12.9. The third-order valence-corrected chi connectivity index (χ3v) is 4.00. The SMILES string of the molecule is CC(C)C(=O)Nc1ccc(NC(=O)C=Cc2ccc(Cl)c(C(F)(F)F)c2)cc1. The van der Waals surface area contributed by atoms with Crippen molar-refractivity contribution in [2.24, 2.45) is 5.92 Å². The number of anilines is 2. The van der Waals surface area contributed by atoms with Crippen LogP contribution in [0, 0.1) is 5.92 Å². The van der Waals surface area contributed by atoms with Crippen LogP contribution in [-0.2, 0) is 15.8 Å². The Bertz CT molecular complexity index is 891. The highest BCUT2D eigenvalue weighted by atomic mass is 35.5. The average Bonchev–Trinajstić information content (AvgIpc) is 2.61. The van der Waals surface area contributed by atoms with Crippen molar-refractivity contribution in [2.75, 3.05) is 10.6 Å². The highest BCUT2D eigenvalue weighted by molar-refractivity contribution is 6.31. The van der Waals surface area contributed by atoms with Gasteiger partial charge in [-0.05, 0) is 48.0 Å². The van der Waals surface area contributed by atoms with Crippen molar-refractivity contribution in [3.8, 4) is 0 Å². The molecule has 2 aromatic carbocycles. The Morgan fingerprint density at radius 2 is 1.57 bits per heavy atom. The second kappa shape index (κ2) is 8.93. The Kier molecular flexibility index (Phi) is 6.85. The smallest absolute Gasteiger partial charge is 0.326 e. The van der Waals surface area contributed by atoms with Crippen molar-refractivity contribution in [2.45, 2.75) is 20.0 Å². The summed E-state index contributed by atoms with van der Waals surface area (Å²) in [4.78, 5) is 23.6. The lowest BCUT2D eigenvalue weighted by atomic mass is 10.1. The van der Waals surface area contributed by atoms with Crippen LogP contribution in [0.25, 0.3) is 6.08 Å². The molecule has 0 aliphatic heterocycles. The van der Waals surface area contributed by atoms with Crippen molar-refractivity contribution >= 4 is 40.9 Å². The highest BCUT2D eigenvalue weighted by Crippen LogP contribution is 2.35. The van der Waals surface area contributed by atoms with Gasteiger partial charge in [0.25, 0.3) is 0 Å². The van der Waals surface area contributed by atoms with Gasteiger partial charge >= 0.3 is 6.18 Å². The van der Waals surface area contributed by atoms with E-state index in [0.29, 0.717) is 11.4 Å². The maximum Gasteiger partial charge on any atom is 0.417 e. The van der Waals surface area contributed by atoms with Gasteiger partial charge in [-0.1, -0.05) is 31.5 Å². The number of carbonyl (C=O) groups excluding carboxylic acids is 2. The molecule has 4 nitrogen and oxygen atoms in total. The molecule has 0 aromatic heterocycles. The van der Waals surface area contributed by atoms with Gasteiger partial charge in [-0.2, -0.15) is 13.2 Å². The van der Waals surface area contributed by atoms with Crippen molar-refractivity contribution in [3.05, 3.63) is 64.7 Å². The molecule has 0 heterocycles. The van der Waals surface area contributed by atoms with Crippen LogP contribution in [-0.4, -0.2) is 11.8 Å². The molecule has 2 aromatic rings. The molecule has 28 heavy (non-hydrogen) atoms. The number of amides is 2. The Labute approximate surface area is 165 Å². The summed E-state index contributed by atoms with van der Waals surface area (Å²) in [7, 11) is 0. The summed E-state index contributed by atoms with van der Waals surface area (Å²) >= 11 is 5.56. The quantitative estimate of drug-likeness (QED) is 0.630. The third-order valence-electron chi connectivity index (χ3n) is 3.67. The molecule has 0 spiro atoms. The van der Waals surface area contributed by atoms with Crippen LogP contribution < -0.4 is 10.6 Å². The summed E-state index contributed by atoms with van der Waals surface area (Å²) in [6.07, 6.45) is -2.19. The Hall–Kier alpha value is -2.80. The first-order valence-electron chi connectivity index (χ1n) is 8.33. The van der Waals surface area contributed by atoms with Crippen molar-refractivity contribution < 1.29 is 22.8 Å². The third kappa shape index (κ3) is 6.13. The molecule has 0 radical (unpaired) electrons. The van der Waals surface area contributed by atoms with E-state index < -0.39 is 22.7 Å². The number of benzene rings is 2. The zero-order chi connectivity index (χ0) is 20.9. The molecule has 0 unspecified atom stereocenters. The summed E-state index contributed by atoms with van der Waals surface area (Å²) in [5.74, 6) is -0.793. The van der Waals surface area contributed by atoms with Gasteiger partial charge in [0, 0.05) is 23.4 Å². The molecule has 0 aliphatic rings. The summed E-state index contributed by atoms with van der Waals surface area (Å²) in [5, 5.41) is 4.90. The van der Waals surface area contributed by atoms with Gasteiger partial charge in [0.1, 0.15) is 0 Å². The molecule has 0 aliphatic carbocycles. The molecule has 2 rings (SSSR count). The number of hydrogen-bond acceptors (Lipinski definition) is 2. The van der Waals surface area contributed by atoms with Crippen molar-refractivity contribution in [3.63, 3.8) is 0 Å². The first kappa shape index (κ1) is 21.5. The minimum Gasteiger partial charge on any atom is -0.326 e. The van der Waals surface area contributed by atoms with Gasteiger partial charge in [0.2, 0.25) is 11.8 Å². The molecule has 0 atom stereocenters. The van der Waals surface area contributed by atoms with E-state index in [0.717, 1.165) is 18.2 Å². The topological polar surface area (TPSA) is 58.2 Å². The summed E-state index contributed by atoms with van der Waals surface area (Å²) in [6.45, 7) is 3.54. The predicted molar refractivity (Wildman–Crippen MR) is 104 cm³/mol. The molecule has 2 N–H and O–H groups in total. The minimum atomic E-state index is -4.57. The van der Waals surface area contributed by atoms with Gasteiger partial charge in [-0.3, -0.25) is 9.59 Å². The number of nitrogens with one attached hydrogen (secondary N) is 2. The standard InChI is InChI=1S/C20H18ClF3N2O2/c1-12(2)19(28)26-15-7-5-14(6-8-15)25-18(27)10-4-13-3-9-17(21)16(11-13)20(22,23)24/h3-12H,1-2H3,(H,25,27)(H,26,28). The Morgan fingerprint density at radius 3 is 2.11 bits per heavy atom. The van der Waals surface area contributed by atoms with E-state index in [1.807, 2.05) is 0 Å². The Morgan fingerprint density at radius 1 is 1.00 bits per heavy atom. The largest absolute Gasteiger partial charge is 0.417 e. The van der Waals surface area contributed by atoms with Crippen LogP contribution >= 0.6 is 11.6 Å². The average molecular weight is 411 g/mol. The Balaban J connectivity index is 2.01. The molecule has 0 bridgehead atoms. The van der Waals surface area contributed by atoms with Gasteiger partial charge in [0.05, 0.1) is 10.6 Å². The minimum absolute atomic E-state index is 0.124. The second-order valence-corrected chi connectivity index (χ2v) is 6.69. The monoisotopic (exact) mass is 410 g/mol. The van der Waals surface area contributed by atoms with Crippen LogP contribution in [0.5, 0.6) is 0 Å². The van der Waals surface area contributed by atoms with Gasteiger partial charge in [-0.25, -0.2) is 0 Å². The number of rotatable bonds is 5. The van der Waals surface area contributed by atoms with Crippen molar-refractivity contribution in [1.29, 1.82) is 0 Å². The van der Waals surface area contributed by atoms with Gasteiger partial charge in [0.15, 0.2) is 0 Å². The van der Waals surface area contributed by atoms with Crippen LogP contribution in [0.3, 0.4) is 0 Å². The van der Waals surface area contributed by atoms with Gasteiger partial charge in [-0.15, -0.1) is 0 Å². The molecule has 8 heteroatoms. The lowest BCUT2D eigenvalue weighted by Gasteiger charge is -2.09. The molecule has 0 saturated heterocycles. The second-order valence-electron chi connectivity index (χ2n) is 6.28. The van der Waals surface area contributed by atoms with Crippen LogP contribution in [0.2, 0.25) is 5.02 Å². The van der Waals surface area contributed by atoms with E-state index in [1.54, 1.807) is 38.1 Å². The van der Waals surface area contributed by atoms with Crippen LogP contribution in [0.4, 0.5) is 24.5 Å². The van der Waals surface area contributed by atoms with Crippen LogP contribution in [0.1, 0.15) is 25.0 Å². The van der Waals surface area contributed by atoms with E-state index in [9.17, 15) is 22.8 Å². The fourth-order valence-electron chi connectivity index (χ4n) is 2.14. The molecule has 0 fully saturated rings. The van der Waals surface area contributed by atoms with Crippen molar-refractivity contribution in [1.82, 2.24) is 0 Å². The number of alkyl halides is 3. The zero-order valence-electron chi connectivity index (χ0n) is 15.1. The van der Waals surface area contributed by atoms with E-state index in [2.05, 4.69) is 10.6 Å². The first-order valence-corrected chi connectivity index (χ1v) is 8.71. The van der Waals surface area contributed by atoms with Crippen LogP contribution in [0.15, 0.2) is 48.5 Å². The fraction of sp³-hybridized carbons (Fsp3) is 0.200. The summed E-state index contributed by atoms with van der Waals surface area (Å²) in [5.41, 5.74) is 0.298. The molecular formula is C20H18ClF3N2O2. The van der Waals surface area contributed by atoms with E-state index in [1.165, 1.54) is 12.1 Å². The molecule has 148 valence electrons. The number of hydrogen-bond donors (Lipinski definition) is 2. The number of halogens is 4. The molecular weight excluding hydrogens is 393 g/mol. The normalized spacial score (nSPS) is 11.7. The van der Waals surface area contributed by atoms with E-state index >= 15 is 0 Å². The maximum atomic E-state index is 12.9. The lowest BCUT2D eigenvalue weighted by molar-refractivity contribution is -0.137. The number of carbonyl (C=O) groups is 2. The predicted octanol–water partition coefficient (Wildman–Crippen LogP) is 5.61. The summed E-state index contributed by atoms with van der Waals surface area (Å²) in [6, 6.07) is 9.86. The van der Waals surface area contributed by atoms with E-state index in [4.69, 9.17) is 11.6 Å². The lowest BCUT2D eigenvalue weighted by Crippen LogP contribution is -2.17. The fourth-order valence-corrected chi connectivity index (χ4v) is 2.37. The summed E-state index contributed by atoms with van der Waals surface area (Å²) < 4.78 is 38.6. The van der Waals surface area contributed by atoms with E-state index in [-0.39, 0.29) is 17.4 Å².